The van der Waals surface area contributed by atoms with Crippen molar-refractivity contribution < 1.29 is 0 Å². The van der Waals surface area contributed by atoms with Crippen LogP contribution >= 0.6 is 11.3 Å². The monoisotopic (exact) mass is 260 g/mol. The third kappa shape index (κ3) is 3.19. The zero-order valence-corrected chi connectivity index (χ0v) is 11.8. The van der Waals surface area contributed by atoms with Crippen molar-refractivity contribution in [1.29, 1.82) is 0 Å². The van der Waals surface area contributed by atoms with Crippen molar-refractivity contribution in [2.75, 3.05) is 0 Å². The molecule has 0 saturated carbocycles. The van der Waals surface area contributed by atoms with E-state index in [1.807, 2.05) is 11.3 Å². The molecule has 0 radical (unpaired) electrons. The third-order valence-electron chi connectivity index (χ3n) is 3.14. The van der Waals surface area contributed by atoms with Crippen molar-refractivity contribution in [2.24, 2.45) is 5.84 Å². The van der Waals surface area contributed by atoms with E-state index in [0.29, 0.717) is 0 Å². The van der Waals surface area contributed by atoms with Crippen LogP contribution in [0.25, 0.3) is 0 Å². The first-order valence-corrected chi connectivity index (χ1v) is 7.15. The van der Waals surface area contributed by atoms with Gasteiger partial charge >= 0.3 is 0 Å². The molecule has 0 aliphatic heterocycles. The number of aryl methyl sites for hydroxylation is 2. The van der Waals surface area contributed by atoms with Crippen LogP contribution in [0.1, 0.15) is 33.8 Å². The molecule has 0 aliphatic rings. The Kier molecular flexibility index (Phi) is 4.53. The number of thiophene rings is 1. The third-order valence-corrected chi connectivity index (χ3v) is 4.48. The van der Waals surface area contributed by atoms with Crippen LogP contribution in [0.3, 0.4) is 0 Å². The highest BCUT2D eigenvalue weighted by Crippen LogP contribution is 2.26. The van der Waals surface area contributed by atoms with Gasteiger partial charge in [-0.3, -0.25) is 11.3 Å². The molecule has 0 saturated heterocycles. The maximum absolute atomic E-state index is 5.69. The van der Waals surface area contributed by atoms with Crippen molar-refractivity contribution >= 4 is 11.3 Å². The summed E-state index contributed by atoms with van der Waals surface area (Å²) in [6.07, 6.45) is 2.02. The van der Waals surface area contributed by atoms with E-state index in [2.05, 4.69) is 55.7 Å². The van der Waals surface area contributed by atoms with Crippen LogP contribution < -0.4 is 11.3 Å². The van der Waals surface area contributed by atoms with Crippen molar-refractivity contribution in [2.45, 2.75) is 32.7 Å². The van der Waals surface area contributed by atoms with Crippen LogP contribution in [-0.4, -0.2) is 0 Å². The lowest BCUT2D eigenvalue weighted by molar-refractivity contribution is 0.560. The van der Waals surface area contributed by atoms with Crippen LogP contribution in [0.5, 0.6) is 0 Å². The van der Waals surface area contributed by atoms with Gasteiger partial charge in [0.05, 0.1) is 6.04 Å². The van der Waals surface area contributed by atoms with E-state index >= 15 is 0 Å². The molecule has 18 heavy (non-hydrogen) atoms. The van der Waals surface area contributed by atoms with E-state index < -0.39 is 0 Å². The summed E-state index contributed by atoms with van der Waals surface area (Å²) in [6.45, 7) is 4.29. The van der Waals surface area contributed by atoms with Gasteiger partial charge in [-0.25, -0.2) is 0 Å². The van der Waals surface area contributed by atoms with Gasteiger partial charge in [-0.1, -0.05) is 36.8 Å². The number of benzene rings is 1. The molecule has 1 heterocycles. The van der Waals surface area contributed by atoms with Gasteiger partial charge in [0.15, 0.2) is 0 Å². The number of hydrogen-bond donors (Lipinski definition) is 2. The second kappa shape index (κ2) is 6.14. The number of hydrogen-bond acceptors (Lipinski definition) is 3. The fraction of sp³-hybridized carbons (Fsp3) is 0.333. The second-order valence-corrected chi connectivity index (χ2v) is 5.77. The van der Waals surface area contributed by atoms with Gasteiger partial charge in [-0.2, -0.15) is 0 Å². The van der Waals surface area contributed by atoms with Crippen LogP contribution in [-0.2, 0) is 12.8 Å². The molecule has 2 rings (SSSR count). The van der Waals surface area contributed by atoms with E-state index in [-0.39, 0.29) is 6.04 Å². The van der Waals surface area contributed by atoms with Gasteiger partial charge in [-0.05, 0) is 37.5 Å². The minimum atomic E-state index is 0.206. The van der Waals surface area contributed by atoms with Gasteiger partial charge in [0, 0.05) is 9.75 Å². The molecule has 1 unspecified atom stereocenters. The van der Waals surface area contributed by atoms with E-state index in [9.17, 15) is 0 Å². The molecule has 0 aliphatic carbocycles. The average Bonchev–Trinajstić information content (AvgIpc) is 2.87. The van der Waals surface area contributed by atoms with Crippen molar-refractivity contribution in [3.05, 3.63) is 57.3 Å². The fourth-order valence-electron chi connectivity index (χ4n) is 1.97. The molecule has 3 N–H and O–H groups in total. The van der Waals surface area contributed by atoms with Crippen molar-refractivity contribution in [3.8, 4) is 0 Å². The highest BCUT2D eigenvalue weighted by molar-refractivity contribution is 7.12. The number of rotatable bonds is 5. The Morgan fingerprint density at radius 3 is 2.44 bits per heavy atom. The normalized spacial score (nSPS) is 12.6. The predicted octanol–water partition coefficient (Wildman–Crippen LogP) is 3.37. The summed E-state index contributed by atoms with van der Waals surface area (Å²) >= 11 is 1.85. The molecule has 0 bridgehead atoms. The summed E-state index contributed by atoms with van der Waals surface area (Å²) in [6, 6.07) is 13.2. The second-order valence-electron chi connectivity index (χ2n) is 4.57. The molecule has 2 aromatic rings. The SMILES string of the molecule is CCc1ccc(C(Cc2ccc(C)cc2)NN)s1. The zero-order chi connectivity index (χ0) is 13.0. The van der Waals surface area contributed by atoms with Gasteiger partial charge in [-0.15, -0.1) is 11.3 Å². The van der Waals surface area contributed by atoms with Gasteiger partial charge in [0.25, 0.3) is 0 Å². The molecule has 0 amide bonds. The Labute approximate surface area is 113 Å². The molecule has 0 spiro atoms. The Balaban J connectivity index is 2.11. The van der Waals surface area contributed by atoms with E-state index in [4.69, 9.17) is 5.84 Å². The quantitative estimate of drug-likeness (QED) is 0.639. The van der Waals surface area contributed by atoms with Gasteiger partial charge < -0.3 is 0 Å². The maximum atomic E-state index is 5.69. The summed E-state index contributed by atoms with van der Waals surface area (Å²) in [4.78, 5) is 2.73. The van der Waals surface area contributed by atoms with Crippen LogP contribution in [0.4, 0.5) is 0 Å². The molecule has 2 nitrogen and oxygen atoms in total. The van der Waals surface area contributed by atoms with Crippen LogP contribution in [0.2, 0.25) is 0 Å². The Morgan fingerprint density at radius 1 is 1.17 bits per heavy atom. The average molecular weight is 260 g/mol. The minimum absolute atomic E-state index is 0.206. The Hall–Kier alpha value is -1.16. The van der Waals surface area contributed by atoms with Crippen LogP contribution in [0, 0.1) is 6.92 Å². The molecule has 96 valence electrons. The molecule has 1 aromatic heterocycles. The predicted molar refractivity (Wildman–Crippen MR) is 78.6 cm³/mol. The first-order valence-electron chi connectivity index (χ1n) is 6.33. The van der Waals surface area contributed by atoms with Crippen molar-refractivity contribution in [1.82, 2.24) is 5.43 Å². The topological polar surface area (TPSA) is 38.0 Å². The van der Waals surface area contributed by atoms with E-state index in [1.165, 1.54) is 20.9 Å². The Bertz CT molecular complexity index is 487. The molecule has 1 atom stereocenters. The fourth-order valence-corrected chi connectivity index (χ4v) is 2.99. The zero-order valence-electron chi connectivity index (χ0n) is 10.9. The number of hydrazine groups is 1. The van der Waals surface area contributed by atoms with Gasteiger partial charge in [0.2, 0.25) is 0 Å². The molecule has 3 heteroatoms. The molecule has 0 fully saturated rings. The standard InChI is InChI=1S/C15H20N2S/c1-3-13-8-9-15(18-13)14(17-16)10-12-6-4-11(2)5-7-12/h4-9,14,17H,3,10,16H2,1-2H3. The summed E-state index contributed by atoms with van der Waals surface area (Å²) in [5.74, 6) is 5.69. The summed E-state index contributed by atoms with van der Waals surface area (Å²) < 4.78 is 0. The molecular weight excluding hydrogens is 240 g/mol. The van der Waals surface area contributed by atoms with Crippen LogP contribution in [0.15, 0.2) is 36.4 Å². The minimum Gasteiger partial charge on any atom is -0.271 e. The summed E-state index contributed by atoms with van der Waals surface area (Å²) in [5, 5.41) is 0. The number of nitrogens with two attached hydrogens (primary N) is 1. The lowest BCUT2D eigenvalue weighted by atomic mass is 10.0. The number of nitrogens with one attached hydrogen (secondary N) is 1. The smallest absolute Gasteiger partial charge is 0.0593 e. The molecular formula is C15H20N2S. The summed E-state index contributed by atoms with van der Waals surface area (Å²) in [7, 11) is 0. The first kappa shape index (κ1) is 13.3. The largest absolute Gasteiger partial charge is 0.271 e. The highest BCUT2D eigenvalue weighted by Gasteiger charge is 2.12. The lowest BCUT2D eigenvalue weighted by Crippen LogP contribution is -2.28. The lowest BCUT2D eigenvalue weighted by Gasteiger charge is -2.14. The van der Waals surface area contributed by atoms with Crippen molar-refractivity contribution in [3.63, 3.8) is 0 Å². The maximum Gasteiger partial charge on any atom is 0.0593 e. The highest BCUT2D eigenvalue weighted by atomic mass is 32.1. The van der Waals surface area contributed by atoms with E-state index in [1.54, 1.807) is 0 Å². The molecule has 1 aromatic carbocycles. The Morgan fingerprint density at radius 2 is 1.89 bits per heavy atom. The first-order chi connectivity index (χ1) is 8.72. The van der Waals surface area contributed by atoms with Gasteiger partial charge in [0.1, 0.15) is 0 Å². The van der Waals surface area contributed by atoms with E-state index in [0.717, 1.165) is 12.8 Å². The summed E-state index contributed by atoms with van der Waals surface area (Å²) in [5.41, 5.74) is 5.54.